The van der Waals surface area contributed by atoms with Gasteiger partial charge in [-0.15, -0.1) is 0 Å². The van der Waals surface area contributed by atoms with Crippen LogP contribution in [-0.4, -0.2) is 96.7 Å². The second-order valence-corrected chi connectivity index (χ2v) is 29.5. The molecular weight excluding hydrogens is 1430 g/mol. The highest BCUT2D eigenvalue weighted by atomic mass is 31.2. The third kappa shape index (κ3) is 79.7. The Bertz CT molecular complexity index is 2900. The molecule has 0 fully saturated rings. The lowest BCUT2D eigenvalue weighted by atomic mass is 10.0. The zero-order valence-electron chi connectivity index (χ0n) is 67.8. The average molecular weight is 1570 g/mol. The molecule has 19 heteroatoms. The number of phosphoric acid groups is 2. The first-order chi connectivity index (χ1) is 53.7. The topological polar surface area (TPSA) is 237 Å². The van der Waals surface area contributed by atoms with Crippen LogP contribution in [0.15, 0.2) is 207 Å². The number of ether oxygens (including phenoxy) is 4. The molecule has 5 unspecified atom stereocenters. The highest BCUT2D eigenvalue weighted by Crippen LogP contribution is 2.45. The van der Waals surface area contributed by atoms with Gasteiger partial charge >= 0.3 is 39.5 Å². The van der Waals surface area contributed by atoms with Crippen LogP contribution in [0.5, 0.6) is 0 Å². The third-order valence-electron chi connectivity index (χ3n) is 16.3. The lowest BCUT2D eigenvalue weighted by Gasteiger charge is -2.21. The Morgan fingerprint density at radius 1 is 0.264 bits per heavy atom. The van der Waals surface area contributed by atoms with E-state index in [1.54, 1.807) is 0 Å². The van der Waals surface area contributed by atoms with Gasteiger partial charge in [0.2, 0.25) is 0 Å². The van der Waals surface area contributed by atoms with E-state index in [9.17, 15) is 43.2 Å². The number of allylic oxidation sites excluding steroid dienone is 34. The minimum Gasteiger partial charge on any atom is -0.462 e. The molecule has 0 aromatic rings. The monoisotopic (exact) mass is 1570 g/mol. The quantitative estimate of drug-likeness (QED) is 0.0169. The van der Waals surface area contributed by atoms with Gasteiger partial charge in [-0.2, -0.15) is 0 Å². The van der Waals surface area contributed by atoms with E-state index in [0.29, 0.717) is 44.9 Å². The van der Waals surface area contributed by atoms with Gasteiger partial charge in [0.25, 0.3) is 0 Å². The molecule has 110 heavy (non-hydrogen) atoms. The minimum absolute atomic E-state index is 0.00942. The molecule has 0 heterocycles. The predicted molar refractivity (Wildman–Crippen MR) is 454 cm³/mol. The van der Waals surface area contributed by atoms with E-state index in [0.717, 1.165) is 122 Å². The number of phosphoric ester groups is 2. The molecule has 0 rings (SSSR count). The molecule has 0 aromatic carbocycles. The van der Waals surface area contributed by atoms with Crippen LogP contribution in [-0.2, 0) is 65.4 Å². The number of hydrogen-bond acceptors (Lipinski definition) is 15. The molecule has 0 spiro atoms. The molecule has 0 saturated heterocycles. The largest absolute Gasteiger partial charge is 0.472 e. The van der Waals surface area contributed by atoms with Crippen LogP contribution in [0, 0.1) is 0 Å². The Balaban J connectivity index is 5.57. The Kier molecular flexibility index (Phi) is 76.0. The van der Waals surface area contributed by atoms with Crippen LogP contribution < -0.4 is 0 Å². The van der Waals surface area contributed by atoms with Gasteiger partial charge in [-0.3, -0.25) is 37.3 Å². The molecule has 0 amide bonds. The zero-order valence-corrected chi connectivity index (χ0v) is 69.6. The summed E-state index contributed by atoms with van der Waals surface area (Å²) in [6.45, 7) is 4.28. The van der Waals surface area contributed by atoms with Gasteiger partial charge in [-0.1, -0.05) is 324 Å². The molecular formula is C91H144O17P2. The molecule has 0 aromatic heterocycles. The number of hydrogen-bond donors (Lipinski definition) is 3. The van der Waals surface area contributed by atoms with E-state index in [-0.39, 0.29) is 25.7 Å². The molecule has 0 aliphatic carbocycles. The van der Waals surface area contributed by atoms with Crippen molar-refractivity contribution in [3.63, 3.8) is 0 Å². The van der Waals surface area contributed by atoms with Crippen LogP contribution in [0.25, 0.3) is 0 Å². The maximum Gasteiger partial charge on any atom is 0.472 e. The van der Waals surface area contributed by atoms with E-state index >= 15 is 0 Å². The molecule has 620 valence electrons. The predicted octanol–water partition coefficient (Wildman–Crippen LogP) is 24.7. The fraction of sp³-hybridized carbons (Fsp3) is 0.582. The summed E-state index contributed by atoms with van der Waals surface area (Å²) in [5.74, 6) is -2.46. The number of aliphatic hydroxyl groups is 1. The van der Waals surface area contributed by atoms with Crippen LogP contribution in [0.2, 0.25) is 0 Å². The van der Waals surface area contributed by atoms with Crippen molar-refractivity contribution < 1.29 is 80.2 Å². The van der Waals surface area contributed by atoms with Gasteiger partial charge in [-0.25, -0.2) is 9.13 Å². The standard InChI is InChI=1S/C91H144O17P2/c1-5-9-13-17-21-25-29-33-37-40-42-45-48-51-55-59-63-67-71-75-88(93)101-81-86(107-90(95)77-73-69-65-61-57-53-47-36-32-28-24-20-16-12-8-4)83-105-109(97,98)103-79-85(92)80-104-110(99,100)106-84-87(108-91(96)78-74-70-66-62-58-54-50-44-39-35-31-27-23-19-15-11-7-3)82-102-89(94)76-72-68-64-60-56-52-49-46-43-41-38-34-30-26-22-18-14-10-6-2/h9-11,13-15,21-23,25-27,33-35,37-39,42-43,45-46,50-52,54-56,62-64,66-68,85-87,92H,5-8,12,16-20,24,28-32,36,40-41,44,47-49,53,57-61,65,69-84H2,1-4H3,(H,97,98)(H,99,100)/b13-9-,14-10-,15-11-,25-21-,26-22-,27-23-,37-33-,38-34-,39-35-,45-42-,46-43-,54-50-,55-51-,56-52-,66-62-,67-63-,68-64-. The molecule has 17 nitrogen and oxygen atoms in total. The van der Waals surface area contributed by atoms with Crippen molar-refractivity contribution in [2.45, 2.75) is 303 Å². The van der Waals surface area contributed by atoms with E-state index in [1.165, 1.54) is 64.2 Å². The van der Waals surface area contributed by atoms with Gasteiger partial charge in [0, 0.05) is 25.7 Å². The second-order valence-electron chi connectivity index (χ2n) is 26.6. The number of esters is 4. The summed E-state index contributed by atoms with van der Waals surface area (Å²) in [6.07, 6.45) is 101. The van der Waals surface area contributed by atoms with Crippen LogP contribution in [0.1, 0.15) is 285 Å². The Morgan fingerprint density at radius 2 is 0.491 bits per heavy atom. The van der Waals surface area contributed by atoms with Crippen LogP contribution in [0.3, 0.4) is 0 Å². The smallest absolute Gasteiger partial charge is 0.462 e. The van der Waals surface area contributed by atoms with Crippen molar-refractivity contribution in [3.8, 4) is 0 Å². The number of rotatable bonds is 75. The maximum absolute atomic E-state index is 13.1. The number of unbranched alkanes of at least 4 members (excludes halogenated alkanes) is 15. The molecule has 0 aliphatic rings. The van der Waals surface area contributed by atoms with Gasteiger partial charge in [0.1, 0.15) is 19.3 Å². The van der Waals surface area contributed by atoms with E-state index in [2.05, 4.69) is 186 Å². The third-order valence-corrected chi connectivity index (χ3v) is 18.2. The molecule has 0 saturated carbocycles. The van der Waals surface area contributed by atoms with Crippen molar-refractivity contribution in [2.24, 2.45) is 0 Å². The van der Waals surface area contributed by atoms with Crippen molar-refractivity contribution in [1.82, 2.24) is 0 Å². The van der Waals surface area contributed by atoms with Crippen LogP contribution >= 0.6 is 15.6 Å². The van der Waals surface area contributed by atoms with Crippen molar-refractivity contribution in [3.05, 3.63) is 207 Å². The lowest BCUT2D eigenvalue weighted by Crippen LogP contribution is -2.30. The van der Waals surface area contributed by atoms with Crippen molar-refractivity contribution >= 4 is 39.5 Å². The highest BCUT2D eigenvalue weighted by molar-refractivity contribution is 7.47. The Morgan fingerprint density at radius 3 is 0.764 bits per heavy atom. The second kappa shape index (κ2) is 80.7. The molecule has 0 bridgehead atoms. The molecule has 5 atom stereocenters. The Hall–Kier alpha value is -6.36. The van der Waals surface area contributed by atoms with Gasteiger partial charge in [0.05, 0.1) is 26.4 Å². The van der Waals surface area contributed by atoms with E-state index in [4.69, 9.17) is 37.0 Å². The summed E-state index contributed by atoms with van der Waals surface area (Å²) in [5, 5.41) is 10.7. The summed E-state index contributed by atoms with van der Waals surface area (Å²) >= 11 is 0. The van der Waals surface area contributed by atoms with Crippen molar-refractivity contribution in [1.29, 1.82) is 0 Å². The maximum atomic E-state index is 13.1. The fourth-order valence-corrected chi connectivity index (χ4v) is 11.7. The fourth-order valence-electron chi connectivity index (χ4n) is 10.1. The SMILES string of the molecule is CC/C=C\C/C=C\C/C=C\C/C=C\C/C=C\C/C=C\CCC(=O)OCC(COP(=O)(O)OCC(O)COP(=O)(O)OCC(COC(=O)CC/C=C\C/C=C\C/C=C\C/C=C\C/C=C\C/C=C\CC)OC(=O)CCCCCCCCCCCCCCCCC)OC(=O)CCC/C=C\C/C=C\C/C=C\C/C=C\C/C=C\CC. The van der Waals surface area contributed by atoms with Gasteiger partial charge < -0.3 is 33.8 Å². The number of aliphatic hydroxyl groups excluding tert-OH is 1. The summed E-state index contributed by atoms with van der Waals surface area (Å²) in [4.78, 5) is 73.1. The highest BCUT2D eigenvalue weighted by Gasteiger charge is 2.30. The zero-order chi connectivity index (χ0) is 80.3. The normalized spacial score (nSPS) is 14.9. The molecule has 3 N–H and O–H groups in total. The van der Waals surface area contributed by atoms with Gasteiger partial charge in [-0.05, 0) is 141 Å². The summed E-state index contributed by atoms with van der Waals surface area (Å²) in [7, 11) is -10.0. The van der Waals surface area contributed by atoms with E-state index in [1.807, 2.05) is 48.6 Å². The van der Waals surface area contributed by atoms with Gasteiger partial charge in [0.15, 0.2) is 12.2 Å². The number of carbonyl (C=O) groups is 4. The summed E-state index contributed by atoms with van der Waals surface area (Å²) in [6, 6.07) is 0. The average Bonchev–Trinajstić information content (AvgIpc) is 0.906. The van der Waals surface area contributed by atoms with Crippen LogP contribution in [0.4, 0.5) is 0 Å². The van der Waals surface area contributed by atoms with Crippen molar-refractivity contribution in [2.75, 3.05) is 39.6 Å². The lowest BCUT2D eigenvalue weighted by molar-refractivity contribution is -0.161. The molecule has 0 aliphatic heterocycles. The first-order valence-electron chi connectivity index (χ1n) is 41.3. The Labute approximate surface area is 665 Å². The first kappa shape index (κ1) is 104. The first-order valence-corrected chi connectivity index (χ1v) is 44.3. The number of carbonyl (C=O) groups excluding carboxylic acids is 4. The van der Waals surface area contributed by atoms with E-state index < -0.39 is 97.5 Å². The molecule has 0 radical (unpaired) electrons. The summed E-state index contributed by atoms with van der Waals surface area (Å²) < 4.78 is 68.5. The summed E-state index contributed by atoms with van der Waals surface area (Å²) in [5.41, 5.74) is 0. The minimum atomic E-state index is -5.03.